The Bertz CT molecular complexity index is 485. The largest absolute Gasteiger partial charge is 0.381 e. The molecule has 1 aliphatic rings. The van der Waals surface area contributed by atoms with Gasteiger partial charge in [0.05, 0.1) is 6.33 Å². The van der Waals surface area contributed by atoms with Crippen molar-refractivity contribution in [1.82, 2.24) is 13.9 Å². The molecule has 1 aliphatic carbocycles. The maximum Gasteiger partial charge on any atom is 0.262 e. The molecule has 6 nitrogen and oxygen atoms in total. The van der Waals surface area contributed by atoms with E-state index in [0.717, 1.165) is 12.8 Å². The smallest absolute Gasteiger partial charge is 0.262 e. The molecule has 0 radical (unpaired) electrons. The molecule has 1 aromatic heterocycles. The van der Waals surface area contributed by atoms with E-state index >= 15 is 0 Å². The van der Waals surface area contributed by atoms with E-state index in [1.54, 1.807) is 14.1 Å². The van der Waals surface area contributed by atoms with Crippen molar-refractivity contribution in [2.24, 2.45) is 13.0 Å². The van der Waals surface area contributed by atoms with Gasteiger partial charge in [0.2, 0.25) is 0 Å². The minimum Gasteiger partial charge on any atom is -0.381 e. The molecule has 96 valence electrons. The van der Waals surface area contributed by atoms with E-state index in [-0.39, 0.29) is 10.8 Å². The molecule has 0 unspecified atom stereocenters. The van der Waals surface area contributed by atoms with Crippen LogP contribution >= 0.6 is 0 Å². The highest BCUT2D eigenvalue weighted by Gasteiger charge is 2.30. The number of aromatic nitrogens is 2. The van der Waals surface area contributed by atoms with Gasteiger partial charge in [0.1, 0.15) is 0 Å². The fourth-order valence-corrected chi connectivity index (χ4v) is 3.47. The molecule has 17 heavy (non-hydrogen) atoms. The summed E-state index contributed by atoms with van der Waals surface area (Å²) in [5, 5.41) is 0.0827. The summed E-state index contributed by atoms with van der Waals surface area (Å²) in [6.45, 7) is 0.562. The lowest BCUT2D eigenvalue weighted by atomic mass is 9.86. The predicted molar refractivity (Wildman–Crippen MR) is 64.8 cm³/mol. The van der Waals surface area contributed by atoms with Crippen LogP contribution in [0, 0.1) is 5.92 Å². The number of rotatable bonds is 4. The van der Waals surface area contributed by atoms with Gasteiger partial charge < -0.3 is 10.3 Å². The Balaban J connectivity index is 2.23. The highest BCUT2D eigenvalue weighted by atomic mass is 32.2. The van der Waals surface area contributed by atoms with Crippen LogP contribution in [0.1, 0.15) is 19.3 Å². The van der Waals surface area contributed by atoms with E-state index in [9.17, 15) is 8.42 Å². The van der Waals surface area contributed by atoms with E-state index in [1.807, 2.05) is 0 Å². The predicted octanol–water partition coefficient (Wildman–Crippen LogP) is 0.423. The van der Waals surface area contributed by atoms with Crippen molar-refractivity contribution in [3.8, 4) is 0 Å². The molecule has 0 amide bonds. The fraction of sp³-hybridized carbons (Fsp3) is 0.700. The SMILES string of the molecule is CN(CC1CCC1)S(=O)(=O)c1c(N)ncn1C. The van der Waals surface area contributed by atoms with Crippen LogP contribution in [0.2, 0.25) is 0 Å². The van der Waals surface area contributed by atoms with Gasteiger partial charge in [0.25, 0.3) is 10.0 Å². The maximum absolute atomic E-state index is 12.3. The average molecular weight is 258 g/mol. The zero-order valence-electron chi connectivity index (χ0n) is 10.1. The van der Waals surface area contributed by atoms with E-state index in [4.69, 9.17) is 5.73 Å². The first-order valence-electron chi connectivity index (χ1n) is 5.66. The summed E-state index contributed by atoms with van der Waals surface area (Å²) in [7, 11) is -0.290. The monoisotopic (exact) mass is 258 g/mol. The van der Waals surface area contributed by atoms with Crippen molar-refractivity contribution in [3.05, 3.63) is 6.33 Å². The van der Waals surface area contributed by atoms with Crippen molar-refractivity contribution in [2.45, 2.75) is 24.3 Å². The second-order valence-electron chi connectivity index (χ2n) is 4.63. The highest BCUT2D eigenvalue weighted by molar-refractivity contribution is 7.89. The molecule has 2 rings (SSSR count). The third-order valence-corrected chi connectivity index (χ3v) is 5.26. The van der Waals surface area contributed by atoms with Gasteiger partial charge in [0.15, 0.2) is 10.8 Å². The number of nitrogens with zero attached hydrogens (tertiary/aromatic N) is 3. The lowest BCUT2D eigenvalue weighted by molar-refractivity contribution is 0.262. The molecular formula is C10H18N4O2S. The number of sulfonamides is 1. The van der Waals surface area contributed by atoms with Crippen LogP contribution in [0.4, 0.5) is 5.82 Å². The Morgan fingerprint density at radius 2 is 2.24 bits per heavy atom. The molecule has 0 aromatic carbocycles. The standard InChI is InChI=1S/C10H18N4O2S/c1-13-7-12-9(11)10(13)17(15,16)14(2)6-8-4-3-5-8/h7-8H,3-6,11H2,1-2H3. The number of anilines is 1. The molecule has 1 fully saturated rings. The second-order valence-corrected chi connectivity index (χ2v) is 6.59. The molecule has 1 heterocycles. The van der Waals surface area contributed by atoms with Crippen molar-refractivity contribution in [1.29, 1.82) is 0 Å². The van der Waals surface area contributed by atoms with Gasteiger partial charge in [-0.25, -0.2) is 13.4 Å². The molecule has 0 bridgehead atoms. The molecule has 0 aliphatic heterocycles. The van der Waals surface area contributed by atoms with Crippen molar-refractivity contribution >= 4 is 15.8 Å². The minimum absolute atomic E-state index is 0.0629. The van der Waals surface area contributed by atoms with E-state index < -0.39 is 10.0 Å². The van der Waals surface area contributed by atoms with E-state index in [2.05, 4.69) is 4.98 Å². The summed E-state index contributed by atoms with van der Waals surface area (Å²) in [6.07, 6.45) is 4.84. The second kappa shape index (κ2) is 4.30. The number of aryl methyl sites for hydroxylation is 1. The van der Waals surface area contributed by atoms with Gasteiger partial charge in [-0.1, -0.05) is 6.42 Å². The van der Waals surface area contributed by atoms with Crippen LogP contribution in [0.5, 0.6) is 0 Å². The highest BCUT2D eigenvalue weighted by Crippen LogP contribution is 2.29. The fourth-order valence-electron chi connectivity index (χ4n) is 2.04. The zero-order chi connectivity index (χ0) is 12.6. The van der Waals surface area contributed by atoms with Crippen molar-refractivity contribution in [3.63, 3.8) is 0 Å². The van der Waals surface area contributed by atoms with Crippen LogP contribution in [-0.2, 0) is 17.1 Å². The number of hydrogen-bond donors (Lipinski definition) is 1. The quantitative estimate of drug-likeness (QED) is 0.848. The summed E-state index contributed by atoms with van der Waals surface area (Å²) >= 11 is 0. The van der Waals surface area contributed by atoms with Crippen molar-refractivity contribution in [2.75, 3.05) is 19.3 Å². The maximum atomic E-state index is 12.3. The first-order chi connectivity index (χ1) is 7.93. The van der Waals surface area contributed by atoms with Crippen LogP contribution in [0.25, 0.3) is 0 Å². The summed E-state index contributed by atoms with van der Waals surface area (Å²) in [4.78, 5) is 3.81. The molecule has 0 spiro atoms. The Morgan fingerprint density at radius 1 is 1.59 bits per heavy atom. The third-order valence-electron chi connectivity index (χ3n) is 3.30. The van der Waals surface area contributed by atoms with Gasteiger partial charge in [-0.15, -0.1) is 0 Å². The first-order valence-corrected chi connectivity index (χ1v) is 7.10. The van der Waals surface area contributed by atoms with Crippen LogP contribution in [-0.4, -0.2) is 35.9 Å². The van der Waals surface area contributed by atoms with Gasteiger partial charge >= 0.3 is 0 Å². The number of nitrogen functional groups attached to an aromatic ring is 1. The molecule has 1 aromatic rings. The lowest BCUT2D eigenvalue weighted by Crippen LogP contribution is -2.35. The normalized spacial score (nSPS) is 17.4. The van der Waals surface area contributed by atoms with Gasteiger partial charge in [-0.05, 0) is 18.8 Å². The Morgan fingerprint density at radius 3 is 2.65 bits per heavy atom. The van der Waals surface area contributed by atoms with E-state index in [1.165, 1.54) is 21.6 Å². The molecule has 7 heteroatoms. The molecule has 0 saturated heterocycles. The Hall–Kier alpha value is -1.08. The molecule has 1 saturated carbocycles. The third kappa shape index (κ3) is 2.16. The Labute approximate surface area is 101 Å². The lowest BCUT2D eigenvalue weighted by Gasteiger charge is -2.29. The van der Waals surface area contributed by atoms with Crippen LogP contribution in [0.15, 0.2) is 11.4 Å². The summed E-state index contributed by atoms with van der Waals surface area (Å²) < 4.78 is 27.4. The van der Waals surface area contributed by atoms with Gasteiger partial charge in [-0.2, -0.15) is 4.31 Å². The van der Waals surface area contributed by atoms with Crippen LogP contribution in [0.3, 0.4) is 0 Å². The van der Waals surface area contributed by atoms with Crippen molar-refractivity contribution < 1.29 is 8.42 Å². The van der Waals surface area contributed by atoms with Gasteiger partial charge in [0, 0.05) is 20.6 Å². The minimum atomic E-state index is -3.52. The molecular weight excluding hydrogens is 240 g/mol. The summed E-state index contributed by atoms with van der Waals surface area (Å²) in [5.41, 5.74) is 5.60. The number of imidazole rings is 1. The number of nitrogens with two attached hydrogens (primary N) is 1. The number of hydrogen-bond acceptors (Lipinski definition) is 4. The van der Waals surface area contributed by atoms with E-state index in [0.29, 0.717) is 12.5 Å². The average Bonchev–Trinajstić information content (AvgIpc) is 2.52. The van der Waals surface area contributed by atoms with Gasteiger partial charge in [-0.3, -0.25) is 0 Å². The molecule has 0 atom stereocenters. The summed E-state index contributed by atoms with van der Waals surface area (Å²) in [5.74, 6) is 0.553. The Kier molecular flexibility index (Phi) is 3.13. The molecule has 2 N–H and O–H groups in total. The first kappa shape index (κ1) is 12.4. The zero-order valence-corrected chi connectivity index (χ0v) is 10.9. The van der Waals surface area contributed by atoms with Crippen LogP contribution < -0.4 is 5.73 Å². The summed E-state index contributed by atoms with van der Waals surface area (Å²) in [6, 6.07) is 0. The topological polar surface area (TPSA) is 81.2 Å².